The molecule has 1 N–H and O–H groups in total. The third-order valence-electron chi connectivity index (χ3n) is 1.31. The molecule has 0 aromatic carbocycles. The fraction of sp³-hybridized carbons (Fsp3) is 0.750. The molecule has 2 heteroatoms. The molecule has 60 valence electrons. The average molecular weight is 144 g/mol. The second-order valence-corrected chi connectivity index (χ2v) is 2.35. The first kappa shape index (κ1) is 9.66. The topological polar surface area (TPSA) is 29.5 Å². The number of hydrogen-bond acceptors (Lipinski definition) is 2. The summed E-state index contributed by atoms with van der Waals surface area (Å²) in [6, 6.07) is 0. The fourth-order valence-electron chi connectivity index (χ4n) is 0.586. The third kappa shape index (κ3) is 4.53. The quantitative estimate of drug-likeness (QED) is 0.466. The maximum atomic E-state index is 9.17. The lowest BCUT2D eigenvalue weighted by Gasteiger charge is -2.08. The Morgan fingerprint density at radius 3 is 2.70 bits per heavy atom. The Morgan fingerprint density at radius 1 is 1.70 bits per heavy atom. The molecule has 0 radical (unpaired) electrons. The summed E-state index contributed by atoms with van der Waals surface area (Å²) in [5, 5.41) is 9.17. The molecule has 0 aliphatic carbocycles. The van der Waals surface area contributed by atoms with Crippen molar-refractivity contribution in [1.29, 1.82) is 0 Å². The Bertz CT molecular complexity index is 99.4. The Hall–Kier alpha value is -0.340. The fourth-order valence-corrected chi connectivity index (χ4v) is 0.586. The zero-order valence-electron chi connectivity index (χ0n) is 6.76. The highest BCUT2D eigenvalue weighted by molar-refractivity contribution is 4.96. The Kier molecular flexibility index (Phi) is 5.26. The van der Waals surface area contributed by atoms with Gasteiger partial charge in [0.05, 0.1) is 6.10 Å². The molecular weight excluding hydrogens is 128 g/mol. The first-order valence-electron chi connectivity index (χ1n) is 3.59. The third-order valence-corrected chi connectivity index (χ3v) is 1.31. The van der Waals surface area contributed by atoms with E-state index in [1.807, 2.05) is 13.8 Å². The summed E-state index contributed by atoms with van der Waals surface area (Å²) in [4.78, 5) is 0. The Morgan fingerprint density at radius 2 is 2.30 bits per heavy atom. The van der Waals surface area contributed by atoms with E-state index in [1.165, 1.54) is 0 Å². The summed E-state index contributed by atoms with van der Waals surface area (Å²) < 4.78 is 5.05. The van der Waals surface area contributed by atoms with Gasteiger partial charge in [0.15, 0.2) is 0 Å². The van der Waals surface area contributed by atoms with E-state index in [0.717, 1.165) is 5.57 Å². The molecular formula is C8H16O2. The van der Waals surface area contributed by atoms with E-state index in [9.17, 15) is 5.11 Å². The molecule has 0 aromatic rings. The molecule has 0 rings (SSSR count). The van der Waals surface area contributed by atoms with Gasteiger partial charge in [-0.1, -0.05) is 12.2 Å². The van der Waals surface area contributed by atoms with Gasteiger partial charge in [-0.15, -0.1) is 0 Å². The van der Waals surface area contributed by atoms with Crippen molar-refractivity contribution in [2.24, 2.45) is 0 Å². The molecule has 0 saturated heterocycles. The summed E-state index contributed by atoms with van der Waals surface area (Å²) >= 11 is 0. The molecule has 0 amide bonds. The van der Waals surface area contributed by atoms with E-state index >= 15 is 0 Å². The summed E-state index contributed by atoms with van der Waals surface area (Å²) in [5.74, 6) is 0. The van der Waals surface area contributed by atoms with Crippen LogP contribution < -0.4 is 0 Å². The lowest BCUT2D eigenvalue weighted by atomic mass is 10.1. The summed E-state index contributed by atoms with van der Waals surface area (Å²) in [7, 11) is 0. The highest BCUT2D eigenvalue weighted by atomic mass is 16.5. The van der Waals surface area contributed by atoms with E-state index in [4.69, 9.17) is 4.74 Å². The van der Waals surface area contributed by atoms with E-state index in [0.29, 0.717) is 19.6 Å². The van der Waals surface area contributed by atoms with Crippen LogP contribution in [0.15, 0.2) is 12.2 Å². The number of hydrogen-bond donors (Lipinski definition) is 1. The van der Waals surface area contributed by atoms with Crippen LogP contribution in [0.4, 0.5) is 0 Å². The van der Waals surface area contributed by atoms with Gasteiger partial charge in [-0.05, 0) is 13.8 Å². The van der Waals surface area contributed by atoms with Crippen LogP contribution in [0.2, 0.25) is 0 Å². The average Bonchev–Trinajstić information content (AvgIpc) is 1.88. The van der Waals surface area contributed by atoms with Gasteiger partial charge < -0.3 is 9.84 Å². The molecule has 0 saturated carbocycles. The first-order chi connectivity index (χ1) is 4.68. The van der Waals surface area contributed by atoms with Crippen molar-refractivity contribution in [2.45, 2.75) is 26.4 Å². The van der Waals surface area contributed by atoms with E-state index in [2.05, 4.69) is 6.58 Å². The maximum Gasteiger partial charge on any atom is 0.0766 e. The summed E-state index contributed by atoms with van der Waals surface area (Å²) in [5.41, 5.74) is 0.805. The second kappa shape index (κ2) is 5.45. The zero-order valence-corrected chi connectivity index (χ0v) is 6.76. The SMILES string of the molecule is C=C(C)C(O)CCOCC. The lowest BCUT2D eigenvalue weighted by molar-refractivity contribution is 0.103. The number of ether oxygens (including phenoxy) is 1. The summed E-state index contributed by atoms with van der Waals surface area (Å²) in [6.45, 7) is 8.71. The van der Waals surface area contributed by atoms with Crippen molar-refractivity contribution in [3.05, 3.63) is 12.2 Å². The molecule has 0 aliphatic heterocycles. The maximum absolute atomic E-state index is 9.17. The highest BCUT2D eigenvalue weighted by Gasteiger charge is 2.02. The van der Waals surface area contributed by atoms with Crippen LogP contribution in [-0.2, 0) is 4.74 Å². The molecule has 0 aliphatic rings. The predicted molar refractivity (Wildman–Crippen MR) is 41.9 cm³/mol. The zero-order chi connectivity index (χ0) is 7.98. The minimum Gasteiger partial charge on any atom is -0.389 e. The minimum atomic E-state index is -0.397. The molecule has 0 spiro atoms. The van der Waals surface area contributed by atoms with Gasteiger partial charge in [0.2, 0.25) is 0 Å². The lowest BCUT2D eigenvalue weighted by Crippen LogP contribution is -2.10. The highest BCUT2D eigenvalue weighted by Crippen LogP contribution is 2.01. The van der Waals surface area contributed by atoms with Gasteiger partial charge in [-0.25, -0.2) is 0 Å². The molecule has 1 atom stereocenters. The van der Waals surface area contributed by atoms with Gasteiger partial charge in [-0.2, -0.15) is 0 Å². The molecule has 10 heavy (non-hydrogen) atoms. The number of rotatable bonds is 5. The van der Waals surface area contributed by atoms with Crippen molar-refractivity contribution in [3.63, 3.8) is 0 Å². The smallest absolute Gasteiger partial charge is 0.0766 e. The Labute approximate surface area is 62.5 Å². The van der Waals surface area contributed by atoms with Crippen molar-refractivity contribution >= 4 is 0 Å². The van der Waals surface area contributed by atoms with Crippen LogP contribution in [0.25, 0.3) is 0 Å². The second-order valence-electron chi connectivity index (χ2n) is 2.35. The van der Waals surface area contributed by atoms with E-state index < -0.39 is 6.10 Å². The number of aliphatic hydroxyl groups excluding tert-OH is 1. The normalized spacial score (nSPS) is 13.1. The van der Waals surface area contributed by atoms with Crippen LogP contribution in [-0.4, -0.2) is 24.4 Å². The first-order valence-corrected chi connectivity index (χ1v) is 3.59. The van der Waals surface area contributed by atoms with Crippen LogP contribution in [0.3, 0.4) is 0 Å². The van der Waals surface area contributed by atoms with E-state index in [-0.39, 0.29) is 0 Å². The summed E-state index contributed by atoms with van der Waals surface area (Å²) in [6.07, 6.45) is 0.259. The van der Waals surface area contributed by atoms with Gasteiger partial charge in [0.1, 0.15) is 0 Å². The molecule has 2 nitrogen and oxygen atoms in total. The molecule has 0 bridgehead atoms. The van der Waals surface area contributed by atoms with Gasteiger partial charge in [0.25, 0.3) is 0 Å². The molecule has 0 aromatic heterocycles. The van der Waals surface area contributed by atoms with Crippen molar-refractivity contribution < 1.29 is 9.84 Å². The number of aliphatic hydroxyl groups is 1. The van der Waals surface area contributed by atoms with Gasteiger partial charge in [-0.3, -0.25) is 0 Å². The molecule has 0 fully saturated rings. The largest absolute Gasteiger partial charge is 0.389 e. The molecule has 1 unspecified atom stereocenters. The van der Waals surface area contributed by atoms with Crippen molar-refractivity contribution in [1.82, 2.24) is 0 Å². The minimum absolute atomic E-state index is 0.397. The Balaban J connectivity index is 3.21. The molecule has 0 heterocycles. The van der Waals surface area contributed by atoms with Crippen LogP contribution >= 0.6 is 0 Å². The van der Waals surface area contributed by atoms with Crippen LogP contribution in [0, 0.1) is 0 Å². The van der Waals surface area contributed by atoms with Crippen LogP contribution in [0.1, 0.15) is 20.3 Å². The van der Waals surface area contributed by atoms with E-state index in [1.54, 1.807) is 0 Å². The van der Waals surface area contributed by atoms with Gasteiger partial charge in [0, 0.05) is 19.6 Å². The monoisotopic (exact) mass is 144 g/mol. The standard InChI is InChI=1S/C8H16O2/c1-4-10-6-5-8(9)7(2)3/h8-9H,2,4-6H2,1,3H3. The van der Waals surface area contributed by atoms with Crippen molar-refractivity contribution in [2.75, 3.05) is 13.2 Å². The van der Waals surface area contributed by atoms with Crippen LogP contribution in [0.5, 0.6) is 0 Å². The predicted octanol–water partition coefficient (Wildman–Crippen LogP) is 1.35. The van der Waals surface area contributed by atoms with Crippen molar-refractivity contribution in [3.8, 4) is 0 Å². The van der Waals surface area contributed by atoms with Gasteiger partial charge >= 0.3 is 0 Å².